The molecule has 84 valence electrons. The van der Waals surface area contributed by atoms with E-state index in [0.29, 0.717) is 18.1 Å². The first-order valence-electron chi connectivity index (χ1n) is 5.38. The van der Waals surface area contributed by atoms with E-state index in [-0.39, 0.29) is 11.9 Å². The molecule has 1 aliphatic heterocycles. The summed E-state index contributed by atoms with van der Waals surface area (Å²) in [6, 6.07) is 9.76. The van der Waals surface area contributed by atoms with Crippen LogP contribution in [0.2, 0.25) is 0 Å². The Morgan fingerprint density at radius 1 is 1.38 bits per heavy atom. The Bertz CT molecular complexity index is 405. The molecule has 1 N–H and O–H groups in total. The van der Waals surface area contributed by atoms with E-state index >= 15 is 0 Å². The van der Waals surface area contributed by atoms with Crippen LogP contribution in [0.1, 0.15) is 12.5 Å². The molecule has 0 bridgehead atoms. The van der Waals surface area contributed by atoms with Crippen LogP contribution in [-0.4, -0.2) is 28.5 Å². The lowest BCUT2D eigenvalue weighted by Gasteiger charge is -2.10. The standard InChI is InChI=1S/C12H14N2OS/c1-2-14-11(15)10(13-12(14)16)8-9-6-4-3-5-7-9/h3-7,10H,2,8H2,1H3,(H,13,16)/t10-/m1/s1. The number of likely N-dealkylation sites (N-methyl/N-ethyl adjacent to an activating group) is 1. The number of nitrogens with one attached hydrogen (secondary N) is 1. The van der Waals surface area contributed by atoms with E-state index in [1.807, 2.05) is 37.3 Å². The van der Waals surface area contributed by atoms with Crippen molar-refractivity contribution in [3.8, 4) is 0 Å². The molecule has 2 rings (SSSR count). The Balaban J connectivity index is 2.08. The Morgan fingerprint density at radius 2 is 2.06 bits per heavy atom. The Morgan fingerprint density at radius 3 is 2.62 bits per heavy atom. The van der Waals surface area contributed by atoms with E-state index < -0.39 is 0 Å². The Hall–Kier alpha value is -1.42. The number of benzene rings is 1. The molecule has 1 aliphatic rings. The van der Waals surface area contributed by atoms with Gasteiger partial charge in [0.05, 0.1) is 0 Å². The largest absolute Gasteiger partial charge is 0.350 e. The van der Waals surface area contributed by atoms with Crippen LogP contribution in [0.5, 0.6) is 0 Å². The molecule has 1 heterocycles. The van der Waals surface area contributed by atoms with Gasteiger partial charge in [-0.3, -0.25) is 9.69 Å². The van der Waals surface area contributed by atoms with Gasteiger partial charge in [0.15, 0.2) is 5.11 Å². The highest BCUT2D eigenvalue weighted by Gasteiger charge is 2.33. The average Bonchev–Trinajstić information content (AvgIpc) is 2.55. The van der Waals surface area contributed by atoms with Gasteiger partial charge >= 0.3 is 0 Å². The molecule has 1 aromatic carbocycles. The molecule has 0 aromatic heterocycles. The van der Waals surface area contributed by atoms with E-state index in [1.54, 1.807) is 4.90 Å². The fourth-order valence-corrected chi connectivity index (χ4v) is 2.23. The SMILES string of the molecule is CCN1C(=O)[C@@H](Cc2ccccc2)NC1=S. The maximum absolute atomic E-state index is 11.9. The maximum atomic E-state index is 11.9. The molecule has 1 aromatic rings. The van der Waals surface area contributed by atoms with Crippen LogP contribution in [0.3, 0.4) is 0 Å². The summed E-state index contributed by atoms with van der Waals surface area (Å²) in [4.78, 5) is 13.5. The first-order valence-corrected chi connectivity index (χ1v) is 5.79. The van der Waals surface area contributed by atoms with Crippen molar-refractivity contribution in [2.24, 2.45) is 0 Å². The van der Waals surface area contributed by atoms with Crippen molar-refractivity contribution in [3.05, 3.63) is 35.9 Å². The fourth-order valence-electron chi connectivity index (χ4n) is 1.86. The van der Waals surface area contributed by atoms with Crippen LogP contribution < -0.4 is 5.32 Å². The third kappa shape index (κ3) is 2.07. The minimum atomic E-state index is -0.199. The summed E-state index contributed by atoms with van der Waals surface area (Å²) in [6.07, 6.45) is 0.691. The summed E-state index contributed by atoms with van der Waals surface area (Å²) in [5, 5.41) is 3.61. The molecule has 0 saturated carbocycles. The second-order valence-corrected chi connectivity index (χ2v) is 4.16. The molecule has 1 fully saturated rings. The summed E-state index contributed by atoms with van der Waals surface area (Å²) in [6.45, 7) is 2.56. The number of nitrogens with zero attached hydrogens (tertiary/aromatic N) is 1. The van der Waals surface area contributed by atoms with Crippen molar-refractivity contribution in [2.45, 2.75) is 19.4 Å². The minimum absolute atomic E-state index is 0.0800. The molecule has 4 heteroatoms. The highest BCUT2D eigenvalue weighted by Crippen LogP contribution is 2.11. The number of amides is 1. The summed E-state index contributed by atoms with van der Waals surface area (Å²) in [5.41, 5.74) is 1.15. The molecule has 16 heavy (non-hydrogen) atoms. The summed E-state index contributed by atoms with van der Waals surface area (Å²) in [7, 11) is 0. The molecule has 0 aliphatic carbocycles. The van der Waals surface area contributed by atoms with Gasteiger partial charge in [-0.15, -0.1) is 0 Å². The normalized spacial score (nSPS) is 20.1. The molecule has 1 amide bonds. The highest BCUT2D eigenvalue weighted by atomic mass is 32.1. The van der Waals surface area contributed by atoms with E-state index in [0.717, 1.165) is 5.56 Å². The van der Waals surface area contributed by atoms with Crippen LogP contribution in [-0.2, 0) is 11.2 Å². The van der Waals surface area contributed by atoms with Crippen molar-refractivity contribution in [3.63, 3.8) is 0 Å². The molecule has 0 spiro atoms. The van der Waals surface area contributed by atoms with E-state index in [1.165, 1.54) is 0 Å². The first kappa shape index (κ1) is 11.1. The zero-order valence-electron chi connectivity index (χ0n) is 9.14. The predicted molar refractivity (Wildman–Crippen MR) is 67.1 cm³/mol. The maximum Gasteiger partial charge on any atom is 0.251 e. The number of hydrogen-bond acceptors (Lipinski definition) is 2. The van der Waals surface area contributed by atoms with Gasteiger partial charge < -0.3 is 5.32 Å². The topological polar surface area (TPSA) is 32.3 Å². The number of carbonyl (C=O) groups excluding carboxylic acids is 1. The van der Waals surface area contributed by atoms with Crippen molar-refractivity contribution in [1.82, 2.24) is 10.2 Å². The third-order valence-electron chi connectivity index (χ3n) is 2.71. The zero-order valence-corrected chi connectivity index (χ0v) is 9.96. The zero-order chi connectivity index (χ0) is 11.5. The third-order valence-corrected chi connectivity index (χ3v) is 3.04. The lowest BCUT2D eigenvalue weighted by Crippen LogP contribution is -2.32. The summed E-state index contributed by atoms with van der Waals surface area (Å²) in [5.74, 6) is 0.0800. The molecule has 3 nitrogen and oxygen atoms in total. The van der Waals surface area contributed by atoms with Gasteiger partial charge in [0, 0.05) is 13.0 Å². The summed E-state index contributed by atoms with van der Waals surface area (Å²) < 4.78 is 0. The number of hydrogen-bond donors (Lipinski definition) is 1. The predicted octanol–water partition coefficient (Wildman–Crippen LogP) is 1.33. The van der Waals surface area contributed by atoms with Gasteiger partial charge in [0.1, 0.15) is 6.04 Å². The van der Waals surface area contributed by atoms with E-state index in [9.17, 15) is 4.79 Å². The monoisotopic (exact) mass is 234 g/mol. The number of carbonyl (C=O) groups is 1. The van der Waals surface area contributed by atoms with Gasteiger partial charge in [-0.25, -0.2) is 0 Å². The van der Waals surface area contributed by atoms with Crippen LogP contribution in [0, 0.1) is 0 Å². The first-order chi connectivity index (χ1) is 7.72. The minimum Gasteiger partial charge on any atom is -0.350 e. The lowest BCUT2D eigenvalue weighted by atomic mass is 10.1. The van der Waals surface area contributed by atoms with Crippen molar-refractivity contribution < 1.29 is 4.79 Å². The molecule has 0 radical (unpaired) electrons. The van der Waals surface area contributed by atoms with Crippen molar-refractivity contribution in [1.29, 1.82) is 0 Å². The van der Waals surface area contributed by atoms with E-state index in [2.05, 4.69) is 5.32 Å². The van der Waals surface area contributed by atoms with Gasteiger partial charge in [0.25, 0.3) is 5.91 Å². The molecule has 0 unspecified atom stereocenters. The van der Waals surface area contributed by atoms with Crippen LogP contribution >= 0.6 is 12.2 Å². The van der Waals surface area contributed by atoms with Gasteiger partial charge in [-0.2, -0.15) is 0 Å². The smallest absolute Gasteiger partial charge is 0.251 e. The molecule has 1 saturated heterocycles. The van der Waals surface area contributed by atoms with Crippen molar-refractivity contribution in [2.75, 3.05) is 6.54 Å². The van der Waals surface area contributed by atoms with Crippen LogP contribution in [0.15, 0.2) is 30.3 Å². The highest BCUT2D eigenvalue weighted by molar-refractivity contribution is 7.80. The molecule has 1 atom stereocenters. The van der Waals surface area contributed by atoms with Gasteiger partial charge in [-0.05, 0) is 24.7 Å². The average molecular weight is 234 g/mol. The quantitative estimate of drug-likeness (QED) is 0.801. The van der Waals surface area contributed by atoms with Crippen molar-refractivity contribution >= 4 is 23.2 Å². The lowest BCUT2D eigenvalue weighted by molar-refractivity contribution is -0.126. The Kier molecular flexibility index (Phi) is 3.19. The van der Waals surface area contributed by atoms with Crippen LogP contribution in [0.25, 0.3) is 0 Å². The molecular weight excluding hydrogens is 220 g/mol. The second kappa shape index (κ2) is 4.61. The fraction of sp³-hybridized carbons (Fsp3) is 0.333. The molecular formula is C12H14N2OS. The number of thiocarbonyl (C=S) groups is 1. The summed E-state index contributed by atoms with van der Waals surface area (Å²) >= 11 is 5.10. The van der Waals surface area contributed by atoms with Crippen LogP contribution in [0.4, 0.5) is 0 Å². The Labute approximate surface area is 100 Å². The van der Waals surface area contributed by atoms with Gasteiger partial charge in [-0.1, -0.05) is 30.3 Å². The second-order valence-electron chi connectivity index (χ2n) is 3.77. The van der Waals surface area contributed by atoms with E-state index in [4.69, 9.17) is 12.2 Å². The van der Waals surface area contributed by atoms with Gasteiger partial charge in [0.2, 0.25) is 0 Å². The number of rotatable bonds is 3.